The number of aromatic nitrogens is 2. The van der Waals surface area contributed by atoms with Crippen LogP contribution < -0.4 is 5.73 Å². The van der Waals surface area contributed by atoms with Crippen LogP contribution in [0.3, 0.4) is 0 Å². The Bertz CT molecular complexity index is 569. The number of nitrogens with two attached hydrogens (primary N) is 1. The predicted molar refractivity (Wildman–Crippen MR) is 71.3 cm³/mol. The number of anilines is 1. The first kappa shape index (κ1) is 13.2. The zero-order chi connectivity index (χ0) is 14.4. The van der Waals surface area contributed by atoms with Crippen LogP contribution in [-0.4, -0.2) is 45.2 Å². The van der Waals surface area contributed by atoms with Crippen LogP contribution >= 0.6 is 11.6 Å². The van der Waals surface area contributed by atoms with Gasteiger partial charge in [0, 0.05) is 13.1 Å². The highest BCUT2D eigenvalue weighted by Gasteiger charge is 2.47. The Morgan fingerprint density at radius 1 is 1.40 bits per heavy atom. The van der Waals surface area contributed by atoms with Crippen LogP contribution in [-0.2, 0) is 4.79 Å². The summed E-state index contributed by atoms with van der Waals surface area (Å²) in [5, 5.41) is 15.6. The summed E-state index contributed by atoms with van der Waals surface area (Å²) in [5.41, 5.74) is 5.63. The third kappa shape index (κ3) is 2.11. The lowest BCUT2D eigenvalue weighted by atomic mass is 9.92. The largest absolute Gasteiger partial charge is 0.481 e. The van der Waals surface area contributed by atoms with Crippen LogP contribution in [0.15, 0.2) is 0 Å². The Hall–Kier alpha value is -1.76. The highest BCUT2D eigenvalue weighted by molar-refractivity contribution is 6.35. The molecule has 4 N–H and O–H groups in total. The molecule has 2 atom stereocenters. The molecule has 2 aliphatic rings. The number of hydrogen-bond donors (Lipinski definition) is 3. The van der Waals surface area contributed by atoms with E-state index in [9.17, 15) is 14.7 Å². The van der Waals surface area contributed by atoms with E-state index in [2.05, 4.69) is 10.2 Å². The summed E-state index contributed by atoms with van der Waals surface area (Å²) in [5.74, 6) is -1.14. The van der Waals surface area contributed by atoms with Gasteiger partial charge in [0.05, 0.1) is 5.92 Å². The number of nitrogens with zero attached hydrogens (tertiary/aromatic N) is 2. The highest BCUT2D eigenvalue weighted by atomic mass is 35.5. The Labute approximate surface area is 120 Å². The van der Waals surface area contributed by atoms with Gasteiger partial charge in [0.25, 0.3) is 5.91 Å². The molecule has 1 aliphatic carbocycles. The van der Waals surface area contributed by atoms with Gasteiger partial charge in [0.1, 0.15) is 10.7 Å². The molecule has 2 heterocycles. The van der Waals surface area contributed by atoms with Crippen molar-refractivity contribution in [3.63, 3.8) is 0 Å². The van der Waals surface area contributed by atoms with Crippen molar-refractivity contribution >= 4 is 29.3 Å². The topological polar surface area (TPSA) is 112 Å². The molecule has 2 fully saturated rings. The van der Waals surface area contributed by atoms with Crippen molar-refractivity contribution in [2.24, 2.45) is 17.8 Å². The van der Waals surface area contributed by atoms with E-state index in [4.69, 9.17) is 17.3 Å². The van der Waals surface area contributed by atoms with Gasteiger partial charge in [-0.1, -0.05) is 11.6 Å². The number of likely N-dealkylation sites (tertiary alicyclic amines) is 1. The molecule has 3 rings (SSSR count). The summed E-state index contributed by atoms with van der Waals surface area (Å²) in [7, 11) is 0. The fourth-order valence-electron chi connectivity index (χ4n) is 2.90. The quantitative estimate of drug-likeness (QED) is 0.765. The summed E-state index contributed by atoms with van der Waals surface area (Å²) >= 11 is 5.91. The smallest absolute Gasteiger partial charge is 0.308 e. The first-order valence-electron chi connectivity index (χ1n) is 6.50. The average molecular weight is 299 g/mol. The second-order valence-corrected chi connectivity index (χ2v) is 5.83. The number of carboxylic acid groups (broad SMARTS) is 1. The number of aliphatic carboxylic acids is 1. The number of carboxylic acids is 1. The molecule has 20 heavy (non-hydrogen) atoms. The van der Waals surface area contributed by atoms with Gasteiger partial charge in [-0.15, -0.1) is 0 Å². The number of nitrogens with one attached hydrogen (secondary N) is 1. The molecule has 0 aromatic carbocycles. The molecule has 1 amide bonds. The zero-order valence-corrected chi connectivity index (χ0v) is 11.4. The lowest BCUT2D eigenvalue weighted by Gasteiger charge is -2.15. The minimum atomic E-state index is -0.840. The number of carbonyl (C=O) groups excluding carboxylic acids is 1. The van der Waals surface area contributed by atoms with Gasteiger partial charge < -0.3 is 15.7 Å². The standard InChI is InChI=1S/C12H15ClN4O3/c13-8-9(15-16-10(8)14)11(18)17-3-6(5-1-2-5)7(4-17)12(19)20/h5-7H,1-4H2,(H,19,20)(H3,14,15,16)/t6-,7+/m1/s1. The summed E-state index contributed by atoms with van der Waals surface area (Å²) in [6, 6.07) is 0. The van der Waals surface area contributed by atoms with Gasteiger partial charge in [0.2, 0.25) is 0 Å². The first-order chi connectivity index (χ1) is 9.49. The number of amides is 1. The predicted octanol–water partition coefficient (Wildman–Crippen LogP) is 0.828. The van der Waals surface area contributed by atoms with Gasteiger partial charge in [-0.05, 0) is 24.7 Å². The first-order valence-corrected chi connectivity index (χ1v) is 6.88. The molecule has 1 aliphatic heterocycles. The van der Waals surface area contributed by atoms with Crippen molar-refractivity contribution < 1.29 is 14.7 Å². The van der Waals surface area contributed by atoms with Crippen molar-refractivity contribution in [2.75, 3.05) is 18.8 Å². The summed E-state index contributed by atoms with van der Waals surface area (Å²) < 4.78 is 0. The zero-order valence-electron chi connectivity index (χ0n) is 10.7. The van der Waals surface area contributed by atoms with E-state index in [1.807, 2.05) is 0 Å². The van der Waals surface area contributed by atoms with E-state index in [1.165, 1.54) is 4.90 Å². The lowest BCUT2D eigenvalue weighted by molar-refractivity contribution is -0.142. The van der Waals surface area contributed by atoms with E-state index in [1.54, 1.807) is 0 Å². The van der Waals surface area contributed by atoms with Crippen LogP contribution in [0.25, 0.3) is 0 Å². The van der Waals surface area contributed by atoms with Crippen LogP contribution in [0, 0.1) is 17.8 Å². The van der Waals surface area contributed by atoms with E-state index in [-0.39, 0.29) is 34.9 Å². The highest BCUT2D eigenvalue weighted by Crippen LogP contribution is 2.44. The molecule has 108 valence electrons. The Morgan fingerprint density at radius 2 is 2.10 bits per heavy atom. The molecule has 1 saturated carbocycles. The number of carbonyl (C=O) groups is 2. The number of aromatic amines is 1. The SMILES string of the molecule is Nc1n[nH]c(C(=O)N2C[C@H](C(=O)O)[C@@H](C3CC3)C2)c1Cl. The Balaban J connectivity index is 1.79. The maximum Gasteiger partial charge on any atom is 0.308 e. The second kappa shape index (κ2) is 4.66. The molecule has 0 bridgehead atoms. The van der Waals surface area contributed by atoms with E-state index in [0.29, 0.717) is 12.5 Å². The number of hydrogen-bond acceptors (Lipinski definition) is 4. The molecule has 1 saturated heterocycles. The van der Waals surface area contributed by atoms with Gasteiger partial charge in [-0.25, -0.2) is 0 Å². The van der Waals surface area contributed by atoms with Gasteiger partial charge in [-0.2, -0.15) is 5.10 Å². The van der Waals surface area contributed by atoms with Crippen molar-refractivity contribution in [3.05, 3.63) is 10.7 Å². The minimum absolute atomic E-state index is 0.0375. The van der Waals surface area contributed by atoms with Crippen molar-refractivity contribution in [2.45, 2.75) is 12.8 Å². The summed E-state index contributed by atoms with van der Waals surface area (Å²) in [6.07, 6.45) is 2.10. The van der Waals surface area contributed by atoms with Crippen LogP contribution in [0.4, 0.5) is 5.82 Å². The monoisotopic (exact) mass is 298 g/mol. The normalized spacial score (nSPS) is 25.9. The maximum absolute atomic E-state index is 12.4. The summed E-state index contributed by atoms with van der Waals surface area (Å²) in [6.45, 7) is 0.667. The number of nitrogen functional groups attached to an aromatic ring is 1. The second-order valence-electron chi connectivity index (χ2n) is 5.45. The van der Waals surface area contributed by atoms with E-state index in [0.717, 1.165) is 12.8 Å². The van der Waals surface area contributed by atoms with E-state index < -0.39 is 11.9 Å². The fourth-order valence-corrected chi connectivity index (χ4v) is 3.07. The molecule has 0 radical (unpaired) electrons. The number of H-pyrrole nitrogens is 1. The number of rotatable bonds is 3. The molecular weight excluding hydrogens is 284 g/mol. The van der Waals surface area contributed by atoms with Gasteiger partial charge in [0.15, 0.2) is 5.82 Å². The van der Waals surface area contributed by atoms with Crippen LogP contribution in [0.1, 0.15) is 23.3 Å². The third-order valence-corrected chi connectivity index (χ3v) is 4.53. The van der Waals surface area contributed by atoms with Crippen molar-refractivity contribution in [1.29, 1.82) is 0 Å². The fraction of sp³-hybridized carbons (Fsp3) is 0.583. The third-order valence-electron chi connectivity index (χ3n) is 4.14. The van der Waals surface area contributed by atoms with Crippen molar-refractivity contribution in [1.82, 2.24) is 15.1 Å². The molecule has 1 aromatic heterocycles. The number of halogens is 1. The lowest BCUT2D eigenvalue weighted by Crippen LogP contribution is -2.30. The Morgan fingerprint density at radius 3 is 2.60 bits per heavy atom. The van der Waals surface area contributed by atoms with Crippen LogP contribution in [0.5, 0.6) is 0 Å². The minimum Gasteiger partial charge on any atom is -0.481 e. The Kier molecular flexibility index (Phi) is 3.08. The summed E-state index contributed by atoms with van der Waals surface area (Å²) in [4.78, 5) is 25.2. The average Bonchev–Trinajstić information content (AvgIpc) is 3.07. The molecule has 7 nitrogen and oxygen atoms in total. The molecular formula is C12H15ClN4O3. The molecule has 0 spiro atoms. The van der Waals surface area contributed by atoms with Gasteiger partial charge >= 0.3 is 5.97 Å². The molecule has 0 unspecified atom stereocenters. The molecule has 8 heteroatoms. The maximum atomic E-state index is 12.4. The van der Waals surface area contributed by atoms with Crippen LogP contribution in [0.2, 0.25) is 5.02 Å². The molecule has 1 aromatic rings. The van der Waals surface area contributed by atoms with Gasteiger partial charge in [-0.3, -0.25) is 14.7 Å². The van der Waals surface area contributed by atoms with E-state index >= 15 is 0 Å². The van der Waals surface area contributed by atoms with Crippen molar-refractivity contribution in [3.8, 4) is 0 Å².